The van der Waals surface area contributed by atoms with Gasteiger partial charge in [0, 0.05) is 29.4 Å². The van der Waals surface area contributed by atoms with E-state index < -0.39 is 11.7 Å². The fourth-order valence-corrected chi connectivity index (χ4v) is 3.44. The van der Waals surface area contributed by atoms with Gasteiger partial charge in [-0.1, -0.05) is 6.07 Å². The third-order valence-electron chi connectivity index (χ3n) is 5.19. The number of nitrogen functional groups attached to an aromatic ring is 2. The zero-order valence-electron chi connectivity index (χ0n) is 18.2. The van der Waals surface area contributed by atoms with Gasteiger partial charge in [0.05, 0.1) is 28.7 Å². The van der Waals surface area contributed by atoms with Crippen molar-refractivity contribution in [2.75, 3.05) is 18.0 Å². The monoisotopic (exact) mass is 482 g/mol. The van der Waals surface area contributed by atoms with Crippen LogP contribution in [-0.4, -0.2) is 26.4 Å². The summed E-state index contributed by atoms with van der Waals surface area (Å²) in [7, 11) is 0. The van der Waals surface area contributed by atoms with Crippen molar-refractivity contribution in [1.29, 1.82) is 0 Å². The van der Waals surface area contributed by atoms with E-state index in [1.54, 1.807) is 12.4 Å². The van der Waals surface area contributed by atoms with Crippen LogP contribution in [0.25, 0.3) is 27.5 Å². The van der Waals surface area contributed by atoms with Gasteiger partial charge in [-0.15, -0.1) is 0 Å². The van der Waals surface area contributed by atoms with Crippen LogP contribution >= 0.6 is 0 Å². The molecule has 6 N–H and O–H groups in total. The quantitative estimate of drug-likeness (QED) is 0.129. The van der Waals surface area contributed by atoms with Crippen molar-refractivity contribution in [3.8, 4) is 11.6 Å². The number of ether oxygens (including phenoxy) is 1. The Morgan fingerprint density at radius 1 is 0.971 bits per heavy atom. The van der Waals surface area contributed by atoms with E-state index in [4.69, 9.17) is 21.4 Å². The fourth-order valence-electron chi connectivity index (χ4n) is 3.44. The summed E-state index contributed by atoms with van der Waals surface area (Å²) in [5.74, 6) is 6.43. The summed E-state index contributed by atoms with van der Waals surface area (Å²) in [4.78, 5) is 8.69. The van der Waals surface area contributed by atoms with E-state index >= 15 is 0 Å². The molecular weight excluding hydrogens is 461 g/mol. The van der Waals surface area contributed by atoms with Crippen LogP contribution in [0, 0.1) is 0 Å². The number of anilines is 2. The van der Waals surface area contributed by atoms with Gasteiger partial charge in [-0.2, -0.15) is 13.2 Å². The van der Waals surface area contributed by atoms with Crippen LogP contribution in [0.1, 0.15) is 5.56 Å². The van der Waals surface area contributed by atoms with Crippen molar-refractivity contribution >= 4 is 33.1 Å². The number of halogens is 3. The highest BCUT2D eigenvalue weighted by Gasteiger charge is 2.30. The third-order valence-corrected chi connectivity index (χ3v) is 5.19. The number of nitrogens with two attached hydrogens (primary N) is 2. The highest BCUT2D eigenvalue weighted by Crippen LogP contribution is 2.32. The van der Waals surface area contributed by atoms with Gasteiger partial charge in [-0.25, -0.2) is 4.98 Å². The minimum atomic E-state index is -4.38. The van der Waals surface area contributed by atoms with Gasteiger partial charge in [-0.3, -0.25) is 15.4 Å². The molecule has 8 nitrogen and oxygen atoms in total. The first kappa shape index (κ1) is 23.8. The largest absolute Gasteiger partial charge is 0.468 e. The summed E-state index contributed by atoms with van der Waals surface area (Å²) in [5, 5.41) is 12.0. The lowest BCUT2D eigenvalue weighted by Crippen LogP contribution is -2.12. The molecule has 0 saturated heterocycles. The highest BCUT2D eigenvalue weighted by atomic mass is 19.4. The number of fused-ring (bicyclic) bond motifs is 2. The molecule has 11 heteroatoms. The summed E-state index contributed by atoms with van der Waals surface area (Å²) in [6.07, 6.45) is 3.03. The molecule has 5 aromatic rings. The number of nitrogens with one attached hydrogen (secondary N) is 1. The molecule has 2 aromatic carbocycles. The van der Waals surface area contributed by atoms with Crippen LogP contribution < -0.4 is 21.7 Å². The first-order valence-electron chi connectivity index (χ1n) is 10.3. The van der Waals surface area contributed by atoms with E-state index in [0.717, 1.165) is 45.7 Å². The van der Waals surface area contributed by atoms with Crippen molar-refractivity contribution in [2.24, 2.45) is 5.84 Å². The Morgan fingerprint density at radius 2 is 1.80 bits per heavy atom. The maximum atomic E-state index is 12.1. The molecule has 0 aliphatic heterocycles. The number of aliphatic hydroxyl groups is 1. The molecule has 35 heavy (non-hydrogen) atoms. The van der Waals surface area contributed by atoms with Gasteiger partial charge in [0.25, 0.3) is 0 Å². The Balaban J connectivity index is 0.000000191. The van der Waals surface area contributed by atoms with Crippen molar-refractivity contribution in [1.82, 2.24) is 14.5 Å². The average molecular weight is 482 g/mol. The van der Waals surface area contributed by atoms with E-state index in [9.17, 15) is 13.2 Å². The van der Waals surface area contributed by atoms with Gasteiger partial charge in [0.15, 0.2) is 6.79 Å². The lowest BCUT2D eigenvalue weighted by Gasteiger charge is -2.10. The maximum absolute atomic E-state index is 12.1. The smallest absolute Gasteiger partial charge is 0.416 e. The van der Waals surface area contributed by atoms with Crippen molar-refractivity contribution in [3.05, 3.63) is 84.9 Å². The van der Waals surface area contributed by atoms with Crippen LogP contribution in [-0.2, 0) is 6.18 Å². The molecule has 0 saturated carbocycles. The van der Waals surface area contributed by atoms with Gasteiger partial charge >= 0.3 is 6.18 Å². The van der Waals surface area contributed by atoms with E-state index in [2.05, 4.69) is 15.4 Å². The third kappa shape index (κ3) is 5.26. The normalized spacial score (nSPS) is 11.2. The Hall–Kier alpha value is -4.35. The van der Waals surface area contributed by atoms with Crippen LogP contribution in [0.15, 0.2) is 79.4 Å². The second kappa shape index (κ2) is 9.87. The van der Waals surface area contributed by atoms with Gasteiger partial charge in [0.1, 0.15) is 11.6 Å². The standard InChI is InChI=1S/C17H13N3O2.C7H8F3N3/c21-11-22-15-2-1-13-8-17(19-9-14(13)7-15)20-6-4-12-3-5-18-10-16(12)20;8-7(9,10)4-1-2-5(11)6(3-4)13-12/h1-10,21H,11H2;1-3,13H,11-12H2. The van der Waals surface area contributed by atoms with E-state index in [1.807, 2.05) is 53.4 Å². The number of hydrogen-bond donors (Lipinski definition) is 4. The zero-order chi connectivity index (χ0) is 25.0. The molecule has 0 aliphatic carbocycles. The SMILES string of the molecule is NNc1cc(C(F)(F)F)ccc1N.OCOc1ccc2cc(-n3ccc4ccncc43)ncc2c1. The Morgan fingerprint density at radius 3 is 2.54 bits per heavy atom. The van der Waals surface area contributed by atoms with E-state index in [1.165, 1.54) is 0 Å². The molecular formula is C24H21F3N6O2. The topological polar surface area (TPSA) is 124 Å². The van der Waals surface area contributed by atoms with Crippen molar-refractivity contribution < 1.29 is 23.0 Å². The van der Waals surface area contributed by atoms with Gasteiger partial charge in [-0.05, 0) is 53.9 Å². The van der Waals surface area contributed by atoms with Crippen molar-refractivity contribution in [2.45, 2.75) is 6.18 Å². The molecule has 0 amide bonds. The van der Waals surface area contributed by atoms with Crippen LogP contribution in [0.3, 0.4) is 0 Å². The van der Waals surface area contributed by atoms with Crippen LogP contribution in [0.2, 0.25) is 0 Å². The Bertz CT molecular complexity index is 1470. The molecule has 0 unspecified atom stereocenters. The number of hydrazine groups is 1. The number of hydrogen-bond acceptors (Lipinski definition) is 7. The highest BCUT2D eigenvalue weighted by molar-refractivity contribution is 5.86. The molecule has 180 valence electrons. The molecule has 0 radical (unpaired) electrons. The predicted octanol–water partition coefficient (Wildman–Crippen LogP) is 4.48. The molecule has 0 spiro atoms. The number of nitrogens with zero attached hydrogens (tertiary/aromatic N) is 3. The molecule has 0 bridgehead atoms. The lowest BCUT2D eigenvalue weighted by molar-refractivity contribution is -0.137. The van der Waals surface area contributed by atoms with Crippen LogP contribution in [0.4, 0.5) is 24.5 Å². The minimum absolute atomic E-state index is 0.0647. The molecule has 3 heterocycles. The number of benzene rings is 2. The number of alkyl halides is 3. The zero-order valence-corrected chi connectivity index (χ0v) is 18.2. The number of rotatable bonds is 4. The van der Waals surface area contributed by atoms with Gasteiger partial charge in [0.2, 0.25) is 0 Å². The molecule has 0 atom stereocenters. The Kier molecular flexibility index (Phi) is 6.71. The average Bonchev–Trinajstić information content (AvgIpc) is 3.28. The first-order chi connectivity index (χ1) is 16.8. The molecule has 5 rings (SSSR count). The van der Waals surface area contributed by atoms with E-state index in [-0.39, 0.29) is 18.2 Å². The minimum Gasteiger partial charge on any atom is -0.468 e. The van der Waals surface area contributed by atoms with Crippen molar-refractivity contribution in [3.63, 3.8) is 0 Å². The molecule has 0 fully saturated rings. The fraction of sp³-hybridized carbons (Fsp3) is 0.0833. The van der Waals surface area contributed by atoms with Crippen LogP contribution in [0.5, 0.6) is 5.75 Å². The second-order valence-electron chi connectivity index (χ2n) is 7.39. The molecule has 3 aromatic heterocycles. The summed E-state index contributed by atoms with van der Waals surface area (Å²) in [5.41, 5.74) is 7.90. The summed E-state index contributed by atoms with van der Waals surface area (Å²) in [6, 6.07) is 14.6. The van der Waals surface area contributed by atoms with E-state index in [0.29, 0.717) is 5.75 Å². The number of aromatic nitrogens is 3. The summed E-state index contributed by atoms with van der Waals surface area (Å²) >= 11 is 0. The first-order valence-corrected chi connectivity index (χ1v) is 10.3. The lowest BCUT2D eigenvalue weighted by atomic mass is 10.1. The predicted molar refractivity (Wildman–Crippen MR) is 128 cm³/mol. The second-order valence-corrected chi connectivity index (χ2v) is 7.39. The maximum Gasteiger partial charge on any atom is 0.416 e. The summed E-state index contributed by atoms with van der Waals surface area (Å²) < 4.78 is 43.5. The Labute approximate surface area is 197 Å². The molecule has 0 aliphatic rings. The number of aliphatic hydroxyl groups excluding tert-OH is 1. The van der Waals surface area contributed by atoms with Gasteiger partial charge < -0.3 is 21.0 Å². The number of pyridine rings is 2. The summed E-state index contributed by atoms with van der Waals surface area (Å²) in [6.45, 7) is -0.334.